The van der Waals surface area contributed by atoms with E-state index < -0.39 is 0 Å². The van der Waals surface area contributed by atoms with Crippen LogP contribution in [0.1, 0.15) is 25.7 Å². The number of carbonyl (C=O) groups excluding carboxylic acids is 1. The maximum Gasteiger partial charge on any atom is 0.225 e. The second-order valence-electron chi connectivity index (χ2n) is 5.03. The summed E-state index contributed by atoms with van der Waals surface area (Å²) in [6.07, 6.45) is 4.36. The summed E-state index contributed by atoms with van der Waals surface area (Å²) in [5.41, 5.74) is 0. The summed E-state index contributed by atoms with van der Waals surface area (Å²) in [6, 6.07) is 0. The third-order valence-electron chi connectivity index (χ3n) is 3.56. The first-order valence-corrected chi connectivity index (χ1v) is 7.04. The smallest absolute Gasteiger partial charge is 0.225 e. The van der Waals surface area contributed by atoms with Crippen LogP contribution >= 0.6 is 0 Å². The van der Waals surface area contributed by atoms with Crippen molar-refractivity contribution < 1.29 is 14.3 Å². The maximum absolute atomic E-state index is 11.7. The number of rotatable bonds is 6. The van der Waals surface area contributed by atoms with Crippen LogP contribution in [-0.4, -0.2) is 51.5 Å². The summed E-state index contributed by atoms with van der Waals surface area (Å²) >= 11 is 0. The Morgan fingerprint density at radius 3 is 2.89 bits per heavy atom. The van der Waals surface area contributed by atoms with Gasteiger partial charge in [0.2, 0.25) is 5.91 Å². The minimum Gasteiger partial charge on any atom is -0.381 e. The van der Waals surface area contributed by atoms with Gasteiger partial charge in [-0.3, -0.25) is 4.79 Å². The standard InChI is InChI=1S/C13H24N2O3/c16-13(11-4-9-17-10-11)15-5-1-8-18-12-2-6-14-7-3-12/h11-12,14H,1-10H2,(H,15,16). The molecule has 0 aromatic rings. The van der Waals surface area contributed by atoms with Crippen molar-refractivity contribution in [2.75, 3.05) is 39.5 Å². The van der Waals surface area contributed by atoms with Crippen molar-refractivity contribution in [2.24, 2.45) is 5.92 Å². The van der Waals surface area contributed by atoms with Crippen LogP contribution in [0.3, 0.4) is 0 Å². The zero-order valence-corrected chi connectivity index (χ0v) is 11.0. The summed E-state index contributed by atoms with van der Waals surface area (Å²) in [6.45, 7) is 4.87. The highest BCUT2D eigenvalue weighted by Gasteiger charge is 2.22. The van der Waals surface area contributed by atoms with Gasteiger partial charge in [-0.25, -0.2) is 0 Å². The zero-order chi connectivity index (χ0) is 12.6. The molecule has 5 nitrogen and oxygen atoms in total. The van der Waals surface area contributed by atoms with Crippen molar-refractivity contribution in [1.29, 1.82) is 0 Å². The Balaban J connectivity index is 1.46. The lowest BCUT2D eigenvalue weighted by molar-refractivity contribution is -0.125. The van der Waals surface area contributed by atoms with Gasteiger partial charge in [-0.15, -0.1) is 0 Å². The molecule has 0 aromatic carbocycles. The summed E-state index contributed by atoms with van der Waals surface area (Å²) in [7, 11) is 0. The van der Waals surface area contributed by atoms with Gasteiger partial charge in [-0.1, -0.05) is 0 Å². The minimum absolute atomic E-state index is 0.0651. The van der Waals surface area contributed by atoms with E-state index in [4.69, 9.17) is 9.47 Å². The molecule has 0 aromatic heterocycles. The van der Waals surface area contributed by atoms with Crippen molar-refractivity contribution in [3.63, 3.8) is 0 Å². The van der Waals surface area contributed by atoms with Crippen molar-refractivity contribution in [2.45, 2.75) is 31.8 Å². The number of piperidine rings is 1. The van der Waals surface area contributed by atoms with Crippen LogP contribution in [-0.2, 0) is 14.3 Å². The molecular weight excluding hydrogens is 232 g/mol. The van der Waals surface area contributed by atoms with E-state index in [-0.39, 0.29) is 11.8 Å². The van der Waals surface area contributed by atoms with Crippen molar-refractivity contribution >= 4 is 5.91 Å². The quantitative estimate of drug-likeness (QED) is 0.671. The summed E-state index contributed by atoms with van der Waals surface area (Å²) in [4.78, 5) is 11.7. The Morgan fingerprint density at radius 1 is 1.33 bits per heavy atom. The Bertz CT molecular complexity index is 249. The average molecular weight is 256 g/mol. The van der Waals surface area contributed by atoms with E-state index in [1.165, 1.54) is 0 Å². The molecule has 2 heterocycles. The molecule has 2 fully saturated rings. The monoisotopic (exact) mass is 256 g/mol. The van der Waals surface area contributed by atoms with Gasteiger partial charge in [0, 0.05) is 19.8 Å². The predicted octanol–water partition coefficient (Wildman–Crippen LogP) is 0.298. The summed E-state index contributed by atoms with van der Waals surface area (Å²) < 4.78 is 11.0. The lowest BCUT2D eigenvalue weighted by Crippen LogP contribution is -2.34. The molecule has 1 unspecified atom stereocenters. The zero-order valence-electron chi connectivity index (χ0n) is 11.0. The van der Waals surface area contributed by atoms with E-state index in [1.807, 2.05) is 0 Å². The predicted molar refractivity (Wildman–Crippen MR) is 68.4 cm³/mol. The fourth-order valence-electron chi connectivity index (χ4n) is 2.38. The Morgan fingerprint density at radius 2 is 2.17 bits per heavy atom. The fraction of sp³-hybridized carbons (Fsp3) is 0.923. The number of hydrogen-bond acceptors (Lipinski definition) is 4. The molecule has 1 atom stereocenters. The maximum atomic E-state index is 11.7. The molecule has 2 aliphatic rings. The number of nitrogens with one attached hydrogen (secondary N) is 2. The van der Waals surface area contributed by atoms with Gasteiger partial charge < -0.3 is 20.1 Å². The average Bonchev–Trinajstić information content (AvgIpc) is 2.93. The molecule has 5 heteroatoms. The minimum atomic E-state index is 0.0651. The van der Waals surface area contributed by atoms with Crippen molar-refractivity contribution in [3.05, 3.63) is 0 Å². The number of hydrogen-bond donors (Lipinski definition) is 2. The molecule has 1 amide bonds. The SMILES string of the molecule is O=C(NCCCOC1CCNCC1)C1CCOC1. The lowest BCUT2D eigenvalue weighted by atomic mass is 10.1. The Labute approximate surface area is 109 Å². The number of amides is 1. The molecule has 2 N–H and O–H groups in total. The first-order valence-electron chi connectivity index (χ1n) is 7.04. The van der Waals surface area contributed by atoms with E-state index in [1.54, 1.807) is 0 Å². The fourth-order valence-corrected chi connectivity index (χ4v) is 2.38. The number of ether oxygens (including phenoxy) is 2. The molecule has 0 aliphatic carbocycles. The van der Waals surface area contributed by atoms with Crippen LogP contribution in [0.4, 0.5) is 0 Å². The van der Waals surface area contributed by atoms with Gasteiger partial charge in [0.25, 0.3) is 0 Å². The van der Waals surface area contributed by atoms with E-state index in [2.05, 4.69) is 10.6 Å². The van der Waals surface area contributed by atoms with E-state index >= 15 is 0 Å². The van der Waals surface area contributed by atoms with E-state index in [0.717, 1.165) is 52.0 Å². The number of carbonyl (C=O) groups is 1. The van der Waals surface area contributed by atoms with Crippen molar-refractivity contribution in [1.82, 2.24) is 10.6 Å². The van der Waals surface area contributed by atoms with Gasteiger partial charge in [0.05, 0.1) is 18.6 Å². The topological polar surface area (TPSA) is 59.6 Å². The molecule has 104 valence electrons. The van der Waals surface area contributed by atoms with Crippen LogP contribution in [0.5, 0.6) is 0 Å². The highest BCUT2D eigenvalue weighted by Crippen LogP contribution is 2.12. The first kappa shape index (κ1) is 13.8. The Kier molecular flexibility index (Phi) is 5.90. The molecule has 18 heavy (non-hydrogen) atoms. The second kappa shape index (κ2) is 7.71. The Hall–Kier alpha value is -0.650. The summed E-state index contributed by atoms with van der Waals surface area (Å²) in [5.74, 6) is 0.199. The largest absolute Gasteiger partial charge is 0.381 e. The van der Waals surface area contributed by atoms with Gasteiger partial charge in [-0.05, 0) is 38.8 Å². The third kappa shape index (κ3) is 4.55. The van der Waals surface area contributed by atoms with Crippen LogP contribution in [0, 0.1) is 5.92 Å². The highest BCUT2D eigenvalue weighted by atomic mass is 16.5. The molecule has 0 saturated carbocycles. The van der Waals surface area contributed by atoms with Gasteiger partial charge >= 0.3 is 0 Å². The van der Waals surface area contributed by atoms with E-state index in [0.29, 0.717) is 19.3 Å². The molecule has 0 radical (unpaired) electrons. The van der Waals surface area contributed by atoms with Gasteiger partial charge in [0.15, 0.2) is 0 Å². The third-order valence-corrected chi connectivity index (χ3v) is 3.56. The molecule has 0 bridgehead atoms. The molecule has 2 aliphatic heterocycles. The van der Waals surface area contributed by atoms with Crippen LogP contribution in [0.25, 0.3) is 0 Å². The normalized spacial score (nSPS) is 25.2. The van der Waals surface area contributed by atoms with E-state index in [9.17, 15) is 4.79 Å². The summed E-state index contributed by atoms with van der Waals surface area (Å²) in [5, 5.41) is 6.26. The first-order chi connectivity index (χ1) is 8.86. The van der Waals surface area contributed by atoms with Crippen LogP contribution in [0.15, 0.2) is 0 Å². The molecule has 2 saturated heterocycles. The lowest BCUT2D eigenvalue weighted by Gasteiger charge is -2.22. The molecule has 2 rings (SSSR count). The van der Waals surface area contributed by atoms with Crippen LogP contribution in [0.2, 0.25) is 0 Å². The van der Waals surface area contributed by atoms with Gasteiger partial charge in [0.1, 0.15) is 0 Å². The van der Waals surface area contributed by atoms with Gasteiger partial charge in [-0.2, -0.15) is 0 Å². The second-order valence-corrected chi connectivity index (χ2v) is 5.03. The molecular formula is C13H24N2O3. The highest BCUT2D eigenvalue weighted by molar-refractivity contribution is 5.78. The van der Waals surface area contributed by atoms with Crippen LogP contribution < -0.4 is 10.6 Å². The van der Waals surface area contributed by atoms with Crippen molar-refractivity contribution in [3.8, 4) is 0 Å². The molecule has 0 spiro atoms.